The Hall–Kier alpha value is -1.27. The molecule has 0 atom stereocenters. The van der Waals surface area contributed by atoms with Crippen molar-refractivity contribution in [2.45, 2.75) is 6.42 Å². The van der Waals surface area contributed by atoms with Crippen LogP contribution in [0.1, 0.15) is 5.56 Å². The summed E-state index contributed by atoms with van der Waals surface area (Å²) < 4.78 is 5.65. The predicted molar refractivity (Wildman–Crippen MR) is 65.8 cm³/mol. The Balaban J connectivity index is 2.92. The lowest BCUT2D eigenvalue weighted by Gasteiger charge is -2.14. The van der Waals surface area contributed by atoms with Gasteiger partial charge in [0.05, 0.1) is 20.6 Å². The number of aromatic hydroxyl groups is 1. The molecule has 0 aliphatic heterocycles. The first-order valence-electron chi connectivity index (χ1n) is 4.85. The second-order valence-corrected chi connectivity index (χ2v) is 4.22. The third-order valence-electron chi connectivity index (χ3n) is 2.31. The molecule has 0 aromatic heterocycles. The molecule has 0 unspecified atom stereocenters. The summed E-state index contributed by atoms with van der Waals surface area (Å²) in [4.78, 5) is 16.4. The van der Waals surface area contributed by atoms with Crippen LogP contribution >= 0.6 is 15.9 Å². The molecule has 1 aromatic carbocycles. The lowest BCUT2D eigenvalue weighted by atomic mass is 10.1. The summed E-state index contributed by atoms with van der Waals surface area (Å²) in [7, 11) is 4.41. The highest BCUT2D eigenvalue weighted by atomic mass is 79.9. The molecule has 0 bridgehead atoms. The average molecular weight is 304 g/mol. The Morgan fingerprint density at radius 2 is 2.12 bits per heavy atom. The second-order valence-electron chi connectivity index (χ2n) is 3.37. The molecule has 1 N–H and O–H groups in total. The van der Waals surface area contributed by atoms with Crippen LogP contribution in [0.4, 0.5) is 0 Å². The number of carbonyl (C=O) groups is 1. The van der Waals surface area contributed by atoms with Gasteiger partial charge in [-0.3, -0.25) is 9.63 Å². The van der Waals surface area contributed by atoms with Gasteiger partial charge in [0.15, 0.2) is 11.5 Å². The minimum atomic E-state index is -0.210. The van der Waals surface area contributed by atoms with Crippen molar-refractivity contribution in [1.29, 1.82) is 0 Å². The van der Waals surface area contributed by atoms with Crippen molar-refractivity contribution in [3.63, 3.8) is 0 Å². The zero-order valence-corrected chi connectivity index (χ0v) is 11.4. The Morgan fingerprint density at radius 3 is 2.65 bits per heavy atom. The van der Waals surface area contributed by atoms with E-state index < -0.39 is 0 Å². The van der Waals surface area contributed by atoms with Crippen LogP contribution in [-0.4, -0.2) is 37.3 Å². The van der Waals surface area contributed by atoms with Crippen LogP contribution in [0.5, 0.6) is 11.5 Å². The standard InChI is InChI=1S/C11H14BrNO4/c1-13(17-3)11(15)5-7-4-9(14)10(16-2)6-8(7)12/h4,6,14H,5H2,1-3H3. The van der Waals surface area contributed by atoms with Crippen LogP contribution in [-0.2, 0) is 16.1 Å². The normalized spacial score (nSPS) is 10.1. The SMILES string of the molecule is COc1cc(Br)c(CC(=O)N(C)OC)cc1O. The molecule has 0 radical (unpaired) electrons. The van der Waals surface area contributed by atoms with Gasteiger partial charge in [-0.25, -0.2) is 5.06 Å². The van der Waals surface area contributed by atoms with Crippen LogP contribution in [0.3, 0.4) is 0 Å². The molecular weight excluding hydrogens is 290 g/mol. The minimum Gasteiger partial charge on any atom is -0.504 e. The largest absolute Gasteiger partial charge is 0.504 e. The number of ether oxygens (including phenoxy) is 1. The zero-order valence-electron chi connectivity index (χ0n) is 9.86. The van der Waals surface area contributed by atoms with Gasteiger partial charge in [-0.1, -0.05) is 15.9 Å². The van der Waals surface area contributed by atoms with E-state index in [1.165, 1.54) is 27.3 Å². The second kappa shape index (κ2) is 5.88. The van der Waals surface area contributed by atoms with E-state index in [9.17, 15) is 9.90 Å². The third kappa shape index (κ3) is 3.34. The quantitative estimate of drug-likeness (QED) is 0.861. The summed E-state index contributed by atoms with van der Waals surface area (Å²) >= 11 is 3.32. The molecular formula is C11H14BrNO4. The lowest BCUT2D eigenvalue weighted by molar-refractivity contribution is -0.167. The lowest BCUT2D eigenvalue weighted by Crippen LogP contribution is -2.27. The van der Waals surface area contributed by atoms with Gasteiger partial charge in [-0.05, 0) is 17.7 Å². The molecule has 0 spiro atoms. The molecule has 6 heteroatoms. The van der Waals surface area contributed by atoms with Crippen molar-refractivity contribution in [3.8, 4) is 11.5 Å². The van der Waals surface area contributed by atoms with Crippen molar-refractivity contribution in [2.24, 2.45) is 0 Å². The fraction of sp³-hybridized carbons (Fsp3) is 0.364. The monoisotopic (exact) mass is 303 g/mol. The smallest absolute Gasteiger partial charge is 0.250 e. The number of rotatable bonds is 4. The Morgan fingerprint density at radius 1 is 1.47 bits per heavy atom. The fourth-order valence-electron chi connectivity index (χ4n) is 1.26. The van der Waals surface area contributed by atoms with Crippen molar-refractivity contribution >= 4 is 21.8 Å². The highest BCUT2D eigenvalue weighted by Gasteiger charge is 2.14. The van der Waals surface area contributed by atoms with E-state index in [-0.39, 0.29) is 18.1 Å². The zero-order chi connectivity index (χ0) is 13.0. The number of phenols is 1. The maximum atomic E-state index is 11.6. The van der Waals surface area contributed by atoms with Gasteiger partial charge >= 0.3 is 0 Å². The van der Waals surface area contributed by atoms with E-state index in [1.54, 1.807) is 6.07 Å². The summed E-state index contributed by atoms with van der Waals surface area (Å²) in [5, 5.41) is 10.8. The molecule has 17 heavy (non-hydrogen) atoms. The number of phenolic OH excluding ortho intramolecular Hbond substituents is 1. The number of nitrogens with zero attached hydrogens (tertiary/aromatic N) is 1. The highest BCUT2D eigenvalue weighted by Crippen LogP contribution is 2.32. The summed E-state index contributed by atoms with van der Waals surface area (Å²) in [6.45, 7) is 0. The summed E-state index contributed by atoms with van der Waals surface area (Å²) in [5.74, 6) is 0.143. The molecule has 94 valence electrons. The van der Waals surface area contributed by atoms with Gasteiger partial charge in [0.1, 0.15) is 0 Å². The number of benzene rings is 1. The number of hydrogen-bond donors (Lipinski definition) is 1. The fourth-order valence-corrected chi connectivity index (χ4v) is 1.72. The Labute approximate surface area is 108 Å². The maximum Gasteiger partial charge on any atom is 0.250 e. The summed E-state index contributed by atoms with van der Waals surface area (Å²) in [5.41, 5.74) is 0.664. The van der Waals surface area contributed by atoms with Gasteiger partial charge in [-0.2, -0.15) is 0 Å². The van der Waals surface area contributed by atoms with E-state index in [1.807, 2.05) is 0 Å². The summed E-state index contributed by atoms with van der Waals surface area (Å²) in [6, 6.07) is 3.11. The van der Waals surface area contributed by atoms with Crippen molar-refractivity contribution in [3.05, 3.63) is 22.2 Å². The first-order chi connectivity index (χ1) is 7.99. The number of hydrogen-bond acceptors (Lipinski definition) is 4. The number of halogens is 1. The number of likely N-dealkylation sites (N-methyl/N-ethyl adjacent to an activating group) is 1. The topological polar surface area (TPSA) is 59.0 Å². The molecule has 5 nitrogen and oxygen atoms in total. The van der Waals surface area contributed by atoms with Crippen molar-refractivity contribution < 1.29 is 19.5 Å². The van der Waals surface area contributed by atoms with Crippen LogP contribution in [0, 0.1) is 0 Å². The number of hydroxylamine groups is 2. The molecule has 0 saturated carbocycles. The van der Waals surface area contributed by atoms with Gasteiger partial charge < -0.3 is 9.84 Å². The van der Waals surface area contributed by atoms with Gasteiger partial charge in [-0.15, -0.1) is 0 Å². The van der Waals surface area contributed by atoms with Gasteiger partial charge in [0, 0.05) is 11.5 Å². The maximum absolute atomic E-state index is 11.6. The molecule has 0 aliphatic carbocycles. The molecule has 0 aliphatic rings. The Kier molecular flexibility index (Phi) is 4.77. The third-order valence-corrected chi connectivity index (χ3v) is 3.05. The van der Waals surface area contributed by atoms with Crippen LogP contribution in [0.15, 0.2) is 16.6 Å². The van der Waals surface area contributed by atoms with Gasteiger partial charge in [0.2, 0.25) is 5.91 Å². The van der Waals surface area contributed by atoms with E-state index in [0.29, 0.717) is 15.8 Å². The minimum absolute atomic E-state index is 0.00132. The number of amides is 1. The molecule has 0 heterocycles. The van der Waals surface area contributed by atoms with E-state index in [2.05, 4.69) is 15.9 Å². The first-order valence-corrected chi connectivity index (χ1v) is 5.65. The average Bonchev–Trinajstić information content (AvgIpc) is 2.32. The van der Waals surface area contributed by atoms with E-state index in [4.69, 9.17) is 9.57 Å². The van der Waals surface area contributed by atoms with E-state index in [0.717, 1.165) is 5.06 Å². The molecule has 1 amide bonds. The van der Waals surface area contributed by atoms with Gasteiger partial charge in [0.25, 0.3) is 0 Å². The van der Waals surface area contributed by atoms with Crippen molar-refractivity contribution in [2.75, 3.05) is 21.3 Å². The predicted octanol–water partition coefficient (Wildman–Crippen LogP) is 1.73. The highest BCUT2D eigenvalue weighted by molar-refractivity contribution is 9.10. The van der Waals surface area contributed by atoms with Crippen LogP contribution < -0.4 is 4.74 Å². The summed E-state index contributed by atoms with van der Waals surface area (Å²) in [6.07, 6.45) is 0.127. The molecule has 0 saturated heterocycles. The number of carbonyl (C=O) groups excluding carboxylic acids is 1. The first kappa shape index (κ1) is 13.8. The van der Waals surface area contributed by atoms with Crippen molar-refractivity contribution in [1.82, 2.24) is 5.06 Å². The van der Waals surface area contributed by atoms with E-state index >= 15 is 0 Å². The van der Waals surface area contributed by atoms with Crippen LogP contribution in [0.2, 0.25) is 0 Å². The molecule has 1 rings (SSSR count). The Bertz CT molecular complexity index is 422. The molecule has 0 fully saturated rings. The molecule has 1 aromatic rings. The van der Waals surface area contributed by atoms with Crippen LogP contribution in [0.25, 0.3) is 0 Å². The number of methoxy groups -OCH3 is 1.